The number of tetrazole rings is 1. The summed E-state index contributed by atoms with van der Waals surface area (Å²) in [5, 5.41) is 21.3. The number of nitrogens with zero attached hydrogens (tertiary/aromatic N) is 4. The Kier molecular flexibility index (Phi) is 3.29. The molecule has 0 aromatic carbocycles. The van der Waals surface area contributed by atoms with Crippen molar-refractivity contribution < 1.29 is 14.7 Å². The number of hydrogen-bond donors (Lipinski definition) is 2. The zero-order valence-corrected chi connectivity index (χ0v) is 7.98. The predicted octanol–water partition coefficient (Wildman–Crippen LogP) is -0.577. The van der Waals surface area contributed by atoms with Gasteiger partial charge in [0.05, 0.1) is 6.54 Å². The van der Waals surface area contributed by atoms with E-state index in [1.807, 2.05) is 0 Å². The Bertz CT molecular complexity index is 407. The van der Waals surface area contributed by atoms with E-state index in [0.29, 0.717) is 0 Å². The molecule has 1 heterocycles. The highest BCUT2D eigenvalue weighted by atomic mass is 32.1. The molecule has 14 heavy (non-hydrogen) atoms. The van der Waals surface area contributed by atoms with Crippen molar-refractivity contribution in [2.75, 3.05) is 7.11 Å². The Balaban J connectivity index is 2.86. The number of aromatic nitrogens is 4. The van der Waals surface area contributed by atoms with Crippen molar-refractivity contribution in [3.8, 4) is 0 Å². The third-order valence-corrected chi connectivity index (χ3v) is 1.59. The molecular formula is C5H7N5O3S. The maximum Gasteiger partial charge on any atom is 0.355 e. The fraction of sp³-hybridized carbons (Fsp3) is 0.400. The fourth-order valence-electron chi connectivity index (χ4n) is 0.714. The molecule has 1 aromatic heterocycles. The first-order valence-electron chi connectivity index (χ1n) is 3.46. The summed E-state index contributed by atoms with van der Waals surface area (Å²) in [5.74, 6) is -1.19. The third-order valence-electron chi connectivity index (χ3n) is 1.29. The van der Waals surface area contributed by atoms with Crippen LogP contribution in [0.3, 0.4) is 0 Å². The lowest BCUT2D eigenvalue weighted by Gasteiger charge is -1.99. The van der Waals surface area contributed by atoms with Gasteiger partial charge < -0.3 is 9.94 Å². The molecule has 0 bridgehead atoms. The largest absolute Gasteiger partial charge is 0.477 e. The second kappa shape index (κ2) is 4.46. The number of carboxylic acid groups (broad SMARTS) is 1. The van der Waals surface area contributed by atoms with Crippen LogP contribution in [-0.4, -0.2) is 44.1 Å². The number of oxime groups is 1. The minimum absolute atomic E-state index is 0.0744. The summed E-state index contributed by atoms with van der Waals surface area (Å²) >= 11 is 4.74. The van der Waals surface area contributed by atoms with Crippen molar-refractivity contribution >= 4 is 23.9 Å². The second-order valence-corrected chi connectivity index (χ2v) is 2.56. The Morgan fingerprint density at radius 2 is 2.57 bits per heavy atom. The summed E-state index contributed by atoms with van der Waals surface area (Å²) in [4.78, 5) is 15.0. The molecule has 9 heteroatoms. The topological polar surface area (TPSA) is 105 Å². The van der Waals surface area contributed by atoms with Gasteiger partial charge in [-0.25, -0.2) is 9.48 Å². The van der Waals surface area contributed by atoms with Gasteiger partial charge in [-0.2, -0.15) is 5.21 Å². The molecule has 1 rings (SSSR count). The summed E-state index contributed by atoms with van der Waals surface area (Å²) < 4.78 is 1.40. The fourth-order valence-corrected chi connectivity index (χ4v) is 0.861. The van der Waals surface area contributed by atoms with Crippen LogP contribution < -0.4 is 0 Å². The average Bonchev–Trinajstić information content (AvgIpc) is 2.51. The highest BCUT2D eigenvalue weighted by molar-refractivity contribution is 7.71. The number of carboxylic acids is 1. The number of H-pyrrole nitrogens is 1. The minimum atomic E-state index is -1.19. The van der Waals surface area contributed by atoms with E-state index >= 15 is 0 Å². The van der Waals surface area contributed by atoms with Crippen molar-refractivity contribution in [2.24, 2.45) is 5.16 Å². The van der Waals surface area contributed by atoms with Gasteiger partial charge in [-0.3, -0.25) is 0 Å². The van der Waals surface area contributed by atoms with E-state index in [4.69, 9.17) is 17.3 Å². The zero-order valence-electron chi connectivity index (χ0n) is 7.17. The van der Waals surface area contributed by atoms with Crippen molar-refractivity contribution in [2.45, 2.75) is 6.54 Å². The third kappa shape index (κ3) is 2.36. The van der Waals surface area contributed by atoms with Crippen LogP contribution in [0.5, 0.6) is 0 Å². The molecule has 0 saturated heterocycles. The van der Waals surface area contributed by atoms with Gasteiger partial charge in [-0.1, -0.05) is 15.5 Å². The van der Waals surface area contributed by atoms with Crippen molar-refractivity contribution in [1.29, 1.82) is 0 Å². The van der Waals surface area contributed by atoms with Gasteiger partial charge in [0.25, 0.3) is 0 Å². The molecular weight excluding hydrogens is 210 g/mol. The molecule has 0 unspecified atom stereocenters. The first kappa shape index (κ1) is 10.3. The number of aromatic amines is 1. The number of aliphatic carboxylic acids is 1. The van der Waals surface area contributed by atoms with Crippen LogP contribution in [0.15, 0.2) is 5.16 Å². The molecule has 0 saturated carbocycles. The average molecular weight is 217 g/mol. The number of nitrogens with one attached hydrogen (secondary N) is 1. The monoisotopic (exact) mass is 217 g/mol. The SMILES string of the molecule is CON=C(Cn1[nH]nnc1=S)C(=O)O. The van der Waals surface area contributed by atoms with E-state index in [1.165, 1.54) is 11.8 Å². The van der Waals surface area contributed by atoms with Gasteiger partial charge in [0.1, 0.15) is 7.11 Å². The van der Waals surface area contributed by atoms with Gasteiger partial charge in [0, 0.05) is 0 Å². The van der Waals surface area contributed by atoms with Gasteiger partial charge in [0.2, 0.25) is 4.77 Å². The summed E-state index contributed by atoms with van der Waals surface area (Å²) in [6, 6.07) is 0. The van der Waals surface area contributed by atoms with Crippen molar-refractivity contribution in [1.82, 2.24) is 20.2 Å². The highest BCUT2D eigenvalue weighted by Crippen LogP contribution is 1.89. The summed E-state index contributed by atoms with van der Waals surface area (Å²) in [6.07, 6.45) is 0. The Labute approximate surface area is 83.2 Å². The van der Waals surface area contributed by atoms with E-state index in [9.17, 15) is 4.79 Å². The molecule has 0 aliphatic carbocycles. The van der Waals surface area contributed by atoms with E-state index in [-0.39, 0.29) is 17.0 Å². The smallest absolute Gasteiger partial charge is 0.355 e. The van der Waals surface area contributed by atoms with Gasteiger partial charge in [-0.05, 0) is 12.2 Å². The highest BCUT2D eigenvalue weighted by Gasteiger charge is 2.12. The molecule has 0 aliphatic rings. The van der Waals surface area contributed by atoms with Gasteiger partial charge >= 0.3 is 5.97 Å². The van der Waals surface area contributed by atoms with Crippen LogP contribution in [0.4, 0.5) is 0 Å². The van der Waals surface area contributed by atoms with Crippen LogP contribution >= 0.6 is 12.2 Å². The normalized spacial score (nSPS) is 11.4. The first-order chi connectivity index (χ1) is 6.65. The first-order valence-corrected chi connectivity index (χ1v) is 3.87. The van der Waals surface area contributed by atoms with E-state index in [1.54, 1.807) is 0 Å². The summed E-state index contributed by atoms with van der Waals surface area (Å²) in [7, 11) is 1.26. The molecule has 0 spiro atoms. The molecule has 0 aliphatic heterocycles. The van der Waals surface area contributed by atoms with Crippen LogP contribution in [0.25, 0.3) is 0 Å². The van der Waals surface area contributed by atoms with E-state index < -0.39 is 5.97 Å². The number of rotatable bonds is 4. The number of hydrogen-bond acceptors (Lipinski definition) is 6. The van der Waals surface area contributed by atoms with Crippen LogP contribution in [0, 0.1) is 4.77 Å². The lowest BCUT2D eigenvalue weighted by atomic mass is 10.4. The molecule has 0 fully saturated rings. The Morgan fingerprint density at radius 3 is 3.00 bits per heavy atom. The standard InChI is InChI=1S/C5H7N5O3S/c1-13-7-3(4(11)12)2-10-5(14)6-8-9-10/h2H2,1H3,(H,11,12)(H,6,9,14). The number of carbonyl (C=O) groups is 1. The Morgan fingerprint density at radius 1 is 1.86 bits per heavy atom. The molecule has 8 nitrogen and oxygen atoms in total. The van der Waals surface area contributed by atoms with E-state index in [2.05, 4.69) is 25.5 Å². The van der Waals surface area contributed by atoms with Crippen molar-refractivity contribution in [3.63, 3.8) is 0 Å². The lowest BCUT2D eigenvalue weighted by molar-refractivity contribution is -0.129. The minimum Gasteiger partial charge on any atom is -0.477 e. The van der Waals surface area contributed by atoms with Gasteiger partial charge in [0.15, 0.2) is 5.71 Å². The molecule has 0 atom stereocenters. The summed E-state index contributed by atoms with van der Waals surface area (Å²) in [6.45, 7) is -0.0744. The molecule has 1 aromatic rings. The predicted molar refractivity (Wildman–Crippen MR) is 47.3 cm³/mol. The molecule has 2 N–H and O–H groups in total. The maximum absolute atomic E-state index is 10.6. The van der Waals surface area contributed by atoms with Crippen LogP contribution in [-0.2, 0) is 16.2 Å². The molecule has 76 valence electrons. The zero-order chi connectivity index (χ0) is 10.6. The second-order valence-electron chi connectivity index (χ2n) is 2.19. The van der Waals surface area contributed by atoms with E-state index in [0.717, 1.165) is 0 Å². The lowest BCUT2D eigenvalue weighted by Crippen LogP contribution is -2.21. The molecule has 0 amide bonds. The quantitative estimate of drug-likeness (QED) is 0.397. The Hall–Kier alpha value is -1.77. The van der Waals surface area contributed by atoms with Gasteiger partial charge in [-0.15, -0.1) is 0 Å². The summed E-state index contributed by atoms with van der Waals surface area (Å²) in [5.41, 5.74) is -0.199. The van der Waals surface area contributed by atoms with Crippen LogP contribution in [0.2, 0.25) is 0 Å². The molecule has 0 radical (unpaired) electrons. The maximum atomic E-state index is 10.6. The van der Waals surface area contributed by atoms with Crippen molar-refractivity contribution in [3.05, 3.63) is 4.77 Å². The van der Waals surface area contributed by atoms with Crippen LogP contribution in [0.1, 0.15) is 0 Å².